The third-order valence-corrected chi connectivity index (χ3v) is 10.0. The summed E-state index contributed by atoms with van der Waals surface area (Å²) in [6.07, 6.45) is 20.1. The molecule has 3 amide bonds. The van der Waals surface area contributed by atoms with Crippen LogP contribution in [0.25, 0.3) is 0 Å². The minimum atomic E-state index is -1.15. The molecule has 0 aliphatic heterocycles. The molecule has 6 N–H and O–H groups in total. The zero-order chi connectivity index (χ0) is 44.5. The van der Waals surface area contributed by atoms with E-state index in [2.05, 4.69) is 10.6 Å². The van der Waals surface area contributed by atoms with Gasteiger partial charge in [-0.3, -0.25) is 28.8 Å². The maximum atomic E-state index is 12.3. The van der Waals surface area contributed by atoms with Gasteiger partial charge in [-0.15, -0.1) is 0 Å². The highest BCUT2D eigenvalue weighted by atomic mass is 16.5. The molecular formula is C44H83N3O13. The molecule has 0 saturated heterocycles. The molecule has 0 radical (unpaired) electrons. The molecule has 0 aromatic heterocycles. The van der Waals surface area contributed by atoms with Crippen LogP contribution < -0.4 is 16.4 Å². The van der Waals surface area contributed by atoms with E-state index >= 15 is 0 Å². The number of hydrogen-bond acceptors (Lipinski definition) is 11. The van der Waals surface area contributed by atoms with Gasteiger partial charge >= 0.3 is 11.9 Å². The maximum absolute atomic E-state index is 12.3. The molecule has 0 aromatic carbocycles. The van der Waals surface area contributed by atoms with Gasteiger partial charge < -0.3 is 45.5 Å². The molecular weight excluding hydrogens is 778 g/mol. The smallest absolute Gasteiger partial charge is 0.326 e. The van der Waals surface area contributed by atoms with Crippen molar-refractivity contribution in [3.8, 4) is 0 Å². The SMILES string of the molecule is C[C@@H](CCCCCC(=O)COCCOCCNC(=O)COCCOCCCC(=O)CC[C@H](NC(=O)CCCCCCCCCCCCCCCCC(=O)O)C(=O)O)C(N)=O.[HH].[HH]. The Kier molecular flexibility index (Phi) is 38.5. The molecule has 0 heterocycles. The van der Waals surface area contributed by atoms with Gasteiger partial charge in [0.15, 0.2) is 5.78 Å². The van der Waals surface area contributed by atoms with Gasteiger partial charge in [-0.1, -0.05) is 96.8 Å². The fourth-order valence-corrected chi connectivity index (χ4v) is 6.28. The zero-order valence-electron chi connectivity index (χ0n) is 36.7. The van der Waals surface area contributed by atoms with Crippen LogP contribution in [0.1, 0.15) is 170 Å². The number of nitrogens with two attached hydrogens (primary N) is 1. The molecule has 0 fully saturated rings. The number of primary amides is 1. The fraction of sp³-hybridized carbons (Fsp3) is 0.841. The Morgan fingerprint density at radius 3 is 1.55 bits per heavy atom. The average molecular weight is 862 g/mol. The number of amides is 3. The van der Waals surface area contributed by atoms with Crippen molar-refractivity contribution in [1.82, 2.24) is 10.6 Å². The summed E-state index contributed by atoms with van der Waals surface area (Å²) in [5, 5.41) is 23.4. The lowest BCUT2D eigenvalue weighted by atomic mass is 10.0. The second-order valence-corrected chi connectivity index (χ2v) is 15.6. The van der Waals surface area contributed by atoms with Crippen LogP contribution in [0.2, 0.25) is 0 Å². The summed E-state index contributed by atoms with van der Waals surface area (Å²) >= 11 is 0. The number of unbranched alkanes of at least 4 members (excludes halogenated alkanes) is 15. The number of nitrogens with one attached hydrogen (secondary N) is 2. The van der Waals surface area contributed by atoms with Crippen molar-refractivity contribution in [1.29, 1.82) is 0 Å². The maximum Gasteiger partial charge on any atom is 0.326 e. The molecule has 0 rings (SSSR count). The molecule has 0 aromatic rings. The van der Waals surface area contributed by atoms with E-state index in [0.29, 0.717) is 39.0 Å². The molecule has 60 heavy (non-hydrogen) atoms. The van der Waals surface area contributed by atoms with Gasteiger partial charge in [-0.25, -0.2) is 4.79 Å². The van der Waals surface area contributed by atoms with Crippen molar-refractivity contribution >= 4 is 41.2 Å². The van der Waals surface area contributed by atoms with Gasteiger partial charge in [0.05, 0.1) is 33.0 Å². The first-order valence-electron chi connectivity index (χ1n) is 22.6. The first-order valence-corrected chi connectivity index (χ1v) is 22.6. The van der Waals surface area contributed by atoms with E-state index in [-0.39, 0.29) is 110 Å². The Morgan fingerprint density at radius 1 is 0.500 bits per heavy atom. The molecule has 0 aliphatic rings. The quantitative estimate of drug-likeness (QED) is 0.0421. The second kappa shape index (κ2) is 40.9. The molecule has 352 valence electrons. The first-order chi connectivity index (χ1) is 28.9. The number of hydrogen-bond donors (Lipinski definition) is 5. The summed E-state index contributed by atoms with van der Waals surface area (Å²) < 4.78 is 21.5. The predicted octanol–water partition coefficient (Wildman–Crippen LogP) is 6.33. The van der Waals surface area contributed by atoms with Crippen molar-refractivity contribution in [3.05, 3.63) is 0 Å². The van der Waals surface area contributed by atoms with Gasteiger partial charge in [-0.05, 0) is 38.5 Å². The van der Waals surface area contributed by atoms with E-state index in [1.165, 1.54) is 44.9 Å². The van der Waals surface area contributed by atoms with E-state index in [0.717, 1.165) is 64.2 Å². The first kappa shape index (κ1) is 56.5. The van der Waals surface area contributed by atoms with Crippen LogP contribution >= 0.6 is 0 Å². The van der Waals surface area contributed by atoms with E-state index in [1.54, 1.807) is 6.92 Å². The lowest BCUT2D eigenvalue weighted by Crippen LogP contribution is -2.41. The summed E-state index contributed by atoms with van der Waals surface area (Å²) in [4.78, 5) is 81.6. The molecule has 0 unspecified atom stereocenters. The van der Waals surface area contributed by atoms with Crippen LogP contribution in [0.5, 0.6) is 0 Å². The van der Waals surface area contributed by atoms with Crippen LogP contribution in [0.3, 0.4) is 0 Å². The van der Waals surface area contributed by atoms with Gasteiger partial charge in [0.25, 0.3) is 0 Å². The summed E-state index contributed by atoms with van der Waals surface area (Å²) in [7, 11) is 0. The molecule has 2 atom stereocenters. The lowest BCUT2D eigenvalue weighted by molar-refractivity contribution is -0.142. The van der Waals surface area contributed by atoms with E-state index < -0.39 is 18.0 Å². The third-order valence-electron chi connectivity index (χ3n) is 10.0. The van der Waals surface area contributed by atoms with Gasteiger partial charge in [0.1, 0.15) is 25.0 Å². The normalized spacial score (nSPS) is 12.2. The van der Waals surface area contributed by atoms with Crippen molar-refractivity contribution in [3.63, 3.8) is 0 Å². The predicted molar refractivity (Wildman–Crippen MR) is 232 cm³/mol. The van der Waals surface area contributed by atoms with Gasteiger partial charge in [0, 0.05) is 54.0 Å². The molecule has 16 heteroatoms. The topological polar surface area (TPSA) is 247 Å². The molecule has 0 saturated carbocycles. The largest absolute Gasteiger partial charge is 0.481 e. The number of carbonyl (C=O) groups excluding carboxylic acids is 5. The second-order valence-electron chi connectivity index (χ2n) is 15.6. The number of rotatable bonds is 46. The standard InChI is InChI=1S/C44H79N3O13.2H2/c1-36(43(45)54)20-15-14-16-21-38(49)34-59-32-31-58-29-27-46-41(51)35-60-33-30-57-28-19-22-37(48)25-26-39(44(55)56)47-40(50)23-17-12-10-8-6-4-2-3-5-7-9-11-13-18-24-42(52)53;;/h36,39H,2-35H2,1H3,(H2,45,54)(H,46,51)(H,47,50)(H,52,53)(H,55,56);2*1H/t36-,39-;;/m0../s1. The number of ether oxygens (including phenoxy) is 4. The lowest BCUT2D eigenvalue weighted by Gasteiger charge is -2.14. The number of carboxylic acids is 2. The number of aliphatic carboxylic acids is 2. The van der Waals surface area contributed by atoms with Crippen molar-refractivity contribution in [2.24, 2.45) is 11.7 Å². The molecule has 16 nitrogen and oxygen atoms in total. The Balaban J connectivity index is -0.0000174. The van der Waals surface area contributed by atoms with E-state index in [1.807, 2.05) is 0 Å². The number of ketones is 2. The zero-order valence-corrected chi connectivity index (χ0v) is 36.7. The monoisotopic (exact) mass is 862 g/mol. The highest BCUT2D eigenvalue weighted by Crippen LogP contribution is 2.14. The van der Waals surface area contributed by atoms with Gasteiger partial charge in [-0.2, -0.15) is 0 Å². The Morgan fingerprint density at radius 2 is 0.983 bits per heavy atom. The Labute approximate surface area is 361 Å². The highest BCUT2D eigenvalue weighted by Gasteiger charge is 2.21. The summed E-state index contributed by atoms with van der Waals surface area (Å²) in [5.41, 5.74) is 5.24. The summed E-state index contributed by atoms with van der Waals surface area (Å²) in [5.74, 6) is -3.00. The van der Waals surface area contributed by atoms with Gasteiger partial charge in [0.2, 0.25) is 17.7 Å². The minimum absolute atomic E-state index is 0. The number of carboxylic acid groups (broad SMARTS) is 2. The summed E-state index contributed by atoms with van der Waals surface area (Å²) in [6, 6.07) is -1.10. The number of carbonyl (C=O) groups is 7. The van der Waals surface area contributed by atoms with E-state index in [9.17, 15) is 38.7 Å². The fourth-order valence-electron chi connectivity index (χ4n) is 6.28. The van der Waals surface area contributed by atoms with Crippen molar-refractivity contribution < 1.29 is 65.6 Å². The Hall–Kier alpha value is -3.47. The van der Waals surface area contributed by atoms with Crippen molar-refractivity contribution in [2.75, 3.05) is 59.4 Å². The third kappa shape index (κ3) is 40.0. The van der Waals surface area contributed by atoms with Crippen LogP contribution in [-0.4, -0.2) is 117 Å². The minimum Gasteiger partial charge on any atom is -0.481 e. The van der Waals surface area contributed by atoms with Crippen LogP contribution in [0.15, 0.2) is 0 Å². The van der Waals surface area contributed by atoms with E-state index in [4.69, 9.17) is 29.8 Å². The van der Waals surface area contributed by atoms with Crippen LogP contribution in [0.4, 0.5) is 0 Å². The highest BCUT2D eigenvalue weighted by molar-refractivity contribution is 5.84. The molecule has 0 aliphatic carbocycles. The molecule has 0 spiro atoms. The Bertz CT molecular complexity index is 1180. The number of Topliss-reactive ketones (excluding diaryl/α,β-unsaturated/α-hetero) is 2. The van der Waals surface area contributed by atoms with Crippen molar-refractivity contribution in [2.45, 2.75) is 173 Å². The molecule has 0 bridgehead atoms. The average Bonchev–Trinajstić information content (AvgIpc) is 3.20. The van der Waals surface area contributed by atoms with Crippen LogP contribution in [-0.2, 0) is 52.5 Å². The van der Waals surface area contributed by atoms with Crippen LogP contribution in [0, 0.1) is 5.92 Å². The summed E-state index contributed by atoms with van der Waals surface area (Å²) in [6.45, 7) is 3.60.